The zero-order valence-corrected chi connectivity index (χ0v) is 15.4. The molecule has 1 N–H and O–H groups in total. The molecule has 1 aromatic carbocycles. The summed E-state index contributed by atoms with van der Waals surface area (Å²) in [6.07, 6.45) is 2.32. The van der Waals surface area contributed by atoms with E-state index in [0.29, 0.717) is 12.0 Å². The Morgan fingerprint density at radius 3 is 2.29 bits per heavy atom. The minimum atomic E-state index is -0.153. The molecule has 0 amide bonds. The molecule has 134 valence electrons. The Hall–Kier alpha value is -1.10. The fourth-order valence-electron chi connectivity index (χ4n) is 3.86. The van der Waals surface area contributed by atoms with E-state index in [9.17, 15) is 0 Å². The SMILES string of the molecule is CC(C)(C)Oc1ccc([C@H](C2CCOCC2)N2CCNCC2)cc1. The molecule has 3 rings (SSSR count). The monoisotopic (exact) mass is 332 g/mol. The minimum absolute atomic E-state index is 0.153. The highest BCUT2D eigenvalue weighted by atomic mass is 16.5. The van der Waals surface area contributed by atoms with Crippen LogP contribution in [0.2, 0.25) is 0 Å². The Bertz CT molecular complexity index is 479. The largest absolute Gasteiger partial charge is 0.488 e. The Balaban J connectivity index is 1.78. The third kappa shape index (κ3) is 4.71. The molecular weight excluding hydrogens is 300 g/mol. The van der Waals surface area contributed by atoms with E-state index in [1.54, 1.807) is 0 Å². The zero-order chi connectivity index (χ0) is 17.0. The van der Waals surface area contributed by atoms with Crippen molar-refractivity contribution < 1.29 is 9.47 Å². The maximum absolute atomic E-state index is 5.98. The molecule has 24 heavy (non-hydrogen) atoms. The summed E-state index contributed by atoms with van der Waals surface area (Å²) in [5, 5.41) is 3.47. The second-order valence-corrected chi connectivity index (χ2v) is 7.96. The van der Waals surface area contributed by atoms with Crippen LogP contribution in [0.5, 0.6) is 5.75 Å². The standard InChI is InChI=1S/C20H32N2O2/c1-20(2,3)24-18-6-4-16(5-7-18)19(17-8-14-23-15-9-17)22-12-10-21-11-13-22/h4-7,17,19,21H,8-15H2,1-3H3/t19-/m1/s1. The van der Waals surface area contributed by atoms with Crippen LogP contribution in [0.4, 0.5) is 0 Å². The molecular formula is C20H32N2O2. The number of piperazine rings is 1. The van der Waals surface area contributed by atoms with Crippen molar-refractivity contribution in [2.45, 2.75) is 45.3 Å². The average molecular weight is 332 g/mol. The summed E-state index contributed by atoms with van der Waals surface area (Å²) in [6, 6.07) is 9.30. The Labute approximate surface area is 146 Å². The first-order valence-corrected chi connectivity index (χ1v) is 9.34. The molecule has 2 aliphatic rings. The molecule has 2 aliphatic heterocycles. The highest BCUT2D eigenvalue weighted by Crippen LogP contribution is 2.36. The van der Waals surface area contributed by atoms with Gasteiger partial charge in [0.25, 0.3) is 0 Å². The van der Waals surface area contributed by atoms with Crippen molar-refractivity contribution in [1.82, 2.24) is 10.2 Å². The van der Waals surface area contributed by atoms with Gasteiger partial charge in [0.2, 0.25) is 0 Å². The third-order valence-electron chi connectivity index (χ3n) is 4.90. The highest BCUT2D eigenvalue weighted by molar-refractivity contribution is 5.30. The fourth-order valence-corrected chi connectivity index (χ4v) is 3.86. The number of nitrogens with one attached hydrogen (secondary N) is 1. The zero-order valence-electron chi connectivity index (χ0n) is 15.4. The Kier molecular flexibility index (Phi) is 5.80. The summed E-state index contributed by atoms with van der Waals surface area (Å²) in [7, 11) is 0. The molecule has 0 bridgehead atoms. The lowest BCUT2D eigenvalue weighted by Crippen LogP contribution is -2.47. The molecule has 0 spiro atoms. The van der Waals surface area contributed by atoms with Crippen molar-refractivity contribution in [3.8, 4) is 5.75 Å². The van der Waals surface area contributed by atoms with Crippen molar-refractivity contribution in [2.75, 3.05) is 39.4 Å². The van der Waals surface area contributed by atoms with Gasteiger partial charge in [-0.25, -0.2) is 0 Å². The van der Waals surface area contributed by atoms with Crippen LogP contribution in [0.15, 0.2) is 24.3 Å². The van der Waals surface area contributed by atoms with E-state index >= 15 is 0 Å². The highest BCUT2D eigenvalue weighted by Gasteiger charge is 2.31. The predicted molar refractivity (Wildman–Crippen MR) is 97.5 cm³/mol. The first-order valence-electron chi connectivity index (χ1n) is 9.34. The fraction of sp³-hybridized carbons (Fsp3) is 0.700. The number of nitrogens with zero attached hydrogens (tertiary/aromatic N) is 1. The van der Waals surface area contributed by atoms with Crippen LogP contribution in [0.25, 0.3) is 0 Å². The number of benzene rings is 1. The molecule has 4 heteroatoms. The van der Waals surface area contributed by atoms with Gasteiger partial charge in [0.1, 0.15) is 11.4 Å². The Morgan fingerprint density at radius 2 is 1.71 bits per heavy atom. The van der Waals surface area contributed by atoms with Gasteiger partial charge < -0.3 is 14.8 Å². The third-order valence-corrected chi connectivity index (χ3v) is 4.90. The van der Waals surface area contributed by atoms with Gasteiger partial charge in [0, 0.05) is 45.4 Å². The minimum Gasteiger partial charge on any atom is -0.488 e. The smallest absolute Gasteiger partial charge is 0.120 e. The summed E-state index contributed by atoms with van der Waals surface area (Å²) in [4.78, 5) is 2.66. The maximum atomic E-state index is 5.98. The molecule has 0 aromatic heterocycles. The second kappa shape index (κ2) is 7.85. The van der Waals surface area contributed by atoms with Crippen molar-refractivity contribution >= 4 is 0 Å². The number of hydrogen-bond donors (Lipinski definition) is 1. The predicted octanol–water partition coefficient (Wildman–Crippen LogP) is 3.24. The molecule has 0 unspecified atom stereocenters. The van der Waals surface area contributed by atoms with Crippen LogP contribution >= 0.6 is 0 Å². The first kappa shape index (κ1) is 17.7. The number of rotatable bonds is 4. The van der Waals surface area contributed by atoms with Crippen LogP contribution < -0.4 is 10.1 Å². The van der Waals surface area contributed by atoms with Gasteiger partial charge in [0.15, 0.2) is 0 Å². The first-order chi connectivity index (χ1) is 11.5. The molecule has 2 saturated heterocycles. The van der Waals surface area contributed by atoms with E-state index in [4.69, 9.17) is 9.47 Å². The lowest BCUT2D eigenvalue weighted by atomic mass is 9.85. The summed E-state index contributed by atoms with van der Waals surface area (Å²) in [6.45, 7) is 12.5. The lowest BCUT2D eigenvalue weighted by Gasteiger charge is -2.41. The molecule has 1 atom stereocenters. The summed E-state index contributed by atoms with van der Waals surface area (Å²) < 4.78 is 11.6. The molecule has 0 saturated carbocycles. The molecule has 2 heterocycles. The second-order valence-electron chi connectivity index (χ2n) is 7.96. The number of hydrogen-bond acceptors (Lipinski definition) is 4. The van der Waals surface area contributed by atoms with Crippen LogP contribution in [0.3, 0.4) is 0 Å². The van der Waals surface area contributed by atoms with E-state index in [1.165, 1.54) is 5.56 Å². The summed E-state index contributed by atoms with van der Waals surface area (Å²) >= 11 is 0. The number of ether oxygens (including phenoxy) is 2. The van der Waals surface area contributed by atoms with Crippen molar-refractivity contribution in [1.29, 1.82) is 0 Å². The molecule has 2 fully saturated rings. The van der Waals surface area contributed by atoms with E-state index in [2.05, 4.69) is 55.3 Å². The summed E-state index contributed by atoms with van der Waals surface area (Å²) in [5.41, 5.74) is 1.27. The van der Waals surface area contributed by atoms with Gasteiger partial charge in [-0.15, -0.1) is 0 Å². The van der Waals surface area contributed by atoms with Gasteiger partial charge >= 0.3 is 0 Å². The van der Waals surface area contributed by atoms with Crippen LogP contribution in [-0.4, -0.2) is 49.9 Å². The summed E-state index contributed by atoms with van der Waals surface area (Å²) in [5.74, 6) is 1.64. The van der Waals surface area contributed by atoms with Gasteiger partial charge in [0.05, 0.1) is 0 Å². The van der Waals surface area contributed by atoms with Gasteiger partial charge in [-0.3, -0.25) is 4.90 Å². The molecule has 1 aromatic rings. The van der Waals surface area contributed by atoms with Crippen molar-refractivity contribution in [2.24, 2.45) is 5.92 Å². The van der Waals surface area contributed by atoms with Gasteiger partial charge in [-0.1, -0.05) is 12.1 Å². The van der Waals surface area contributed by atoms with Gasteiger partial charge in [-0.2, -0.15) is 0 Å². The van der Waals surface area contributed by atoms with E-state index in [1.807, 2.05) is 0 Å². The van der Waals surface area contributed by atoms with Crippen LogP contribution in [-0.2, 0) is 4.74 Å². The van der Waals surface area contributed by atoms with E-state index in [0.717, 1.165) is 58.0 Å². The van der Waals surface area contributed by atoms with E-state index < -0.39 is 0 Å². The van der Waals surface area contributed by atoms with Crippen LogP contribution in [0, 0.1) is 5.92 Å². The average Bonchev–Trinajstić information content (AvgIpc) is 2.57. The molecule has 4 nitrogen and oxygen atoms in total. The molecule has 0 aliphatic carbocycles. The van der Waals surface area contributed by atoms with Gasteiger partial charge in [-0.05, 0) is 57.2 Å². The molecule has 0 radical (unpaired) electrons. The quantitative estimate of drug-likeness (QED) is 0.918. The van der Waals surface area contributed by atoms with E-state index in [-0.39, 0.29) is 5.60 Å². The van der Waals surface area contributed by atoms with Crippen molar-refractivity contribution in [3.63, 3.8) is 0 Å². The van der Waals surface area contributed by atoms with Crippen molar-refractivity contribution in [3.05, 3.63) is 29.8 Å². The lowest BCUT2D eigenvalue weighted by molar-refractivity contribution is 0.0212. The normalized spacial score (nSPS) is 22.3. The van der Waals surface area contributed by atoms with Crippen LogP contribution in [0.1, 0.15) is 45.2 Å². The maximum Gasteiger partial charge on any atom is 0.120 e. The topological polar surface area (TPSA) is 33.7 Å². The Morgan fingerprint density at radius 1 is 1.08 bits per heavy atom.